The number of furan rings is 1. The van der Waals surface area contributed by atoms with Gasteiger partial charge in [-0.3, -0.25) is 5.10 Å². The van der Waals surface area contributed by atoms with Crippen LogP contribution in [0, 0.1) is 0 Å². The third kappa shape index (κ3) is 2.32. The van der Waals surface area contributed by atoms with Crippen LogP contribution in [-0.2, 0) is 6.18 Å². The SMILES string of the molecule is FC(F)(F)c1ccc(-c2cc(-c3ccco3)[nH]n2)cc1. The van der Waals surface area contributed by atoms with Gasteiger partial charge in [0.05, 0.1) is 17.5 Å². The highest BCUT2D eigenvalue weighted by molar-refractivity contribution is 5.65. The van der Waals surface area contributed by atoms with Crippen molar-refractivity contribution in [2.24, 2.45) is 0 Å². The molecule has 0 unspecified atom stereocenters. The standard InChI is InChI=1S/C14H9F3N2O/c15-14(16,17)10-5-3-9(4-6-10)11-8-12(19-18-11)13-2-1-7-20-13/h1-8H,(H,18,19). The van der Waals surface area contributed by atoms with E-state index in [1.165, 1.54) is 18.4 Å². The Morgan fingerprint density at radius 3 is 2.40 bits per heavy atom. The van der Waals surface area contributed by atoms with Crippen molar-refractivity contribution in [3.8, 4) is 22.7 Å². The molecule has 3 nitrogen and oxygen atoms in total. The molecular formula is C14H9F3N2O. The Morgan fingerprint density at radius 2 is 1.80 bits per heavy atom. The molecule has 0 saturated carbocycles. The third-order valence-corrected chi connectivity index (χ3v) is 2.87. The molecule has 102 valence electrons. The topological polar surface area (TPSA) is 41.8 Å². The molecule has 0 amide bonds. The van der Waals surface area contributed by atoms with Crippen LogP contribution in [0.2, 0.25) is 0 Å². The van der Waals surface area contributed by atoms with E-state index in [4.69, 9.17) is 4.42 Å². The zero-order chi connectivity index (χ0) is 14.2. The molecule has 0 spiro atoms. The molecule has 3 rings (SSSR count). The fraction of sp³-hybridized carbons (Fsp3) is 0.0714. The number of alkyl halides is 3. The van der Waals surface area contributed by atoms with Gasteiger partial charge in [-0.05, 0) is 30.3 Å². The largest absolute Gasteiger partial charge is 0.463 e. The molecule has 6 heteroatoms. The monoisotopic (exact) mass is 278 g/mol. The van der Waals surface area contributed by atoms with Crippen molar-refractivity contribution >= 4 is 0 Å². The first-order valence-corrected chi connectivity index (χ1v) is 5.81. The first-order valence-electron chi connectivity index (χ1n) is 5.81. The normalized spacial score (nSPS) is 11.8. The van der Waals surface area contributed by atoms with E-state index in [2.05, 4.69) is 10.2 Å². The lowest BCUT2D eigenvalue weighted by molar-refractivity contribution is -0.137. The minimum absolute atomic E-state index is 0.560. The second-order valence-electron chi connectivity index (χ2n) is 4.22. The molecule has 0 aliphatic heterocycles. The number of nitrogens with zero attached hydrogens (tertiary/aromatic N) is 1. The molecular weight excluding hydrogens is 269 g/mol. The molecule has 0 radical (unpaired) electrons. The van der Waals surface area contributed by atoms with E-state index < -0.39 is 11.7 Å². The Balaban J connectivity index is 1.90. The number of nitrogens with one attached hydrogen (secondary N) is 1. The van der Waals surface area contributed by atoms with Crippen LogP contribution >= 0.6 is 0 Å². The van der Waals surface area contributed by atoms with Gasteiger partial charge >= 0.3 is 6.18 Å². The smallest absolute Gasteiger partial charge is 0.416 e. The van der Waals surface area contributed by atoms with Crippen molar-refractivity contribution in [3.05, 3.63) is 54.3 Å². The van der Waals surface area contributed by atoms with Crippen LogP contribution in [0.5, 0.6) is 0 Å². The highest BCUT2D eigenvalue weighted by Crippen LogP contribution is 2.31. The second-order valence-corrected chi connectivity index (χ2v) is 4.22. The second kappa shape index (κ2) is 4.56. The number of hydrogen-bond acceptors (Lipinski definition) is 2. The van der Waals surface area contributed by atoms with Crippen molar-refractivity contribution in [1.29, 1.82) is 0 Å². The van der Waals surface area contributed by atoms with Gasteiger partial charge in [0.1, 0.15) is 5.69 Å². The van der Waals surface area contributed by atoms with E-state index in [9.17, 15) is 13.2 Å². The van der Waals surface area contributed by atoms with E-state index in [1.807, 2.05) is 0 Å². The fourth-order valence-corrected chi connectivity index (χ4v) is 1.86. The quantitative estimate of drug-likeness (QED) is 0.757. The Labute approximate surface area is 112 Å². The van der Waals surface area contributed by atoms with Gasteiger partial charge in [-0.1, -0.05) is 12.1 Å². The van der Waals surface area contributed by atoms with E-state index in [0.717, 1.165) is 12.1 Å². The lowest BCUT2D eigenvalue weighted by atomic mass is 10.1. The molecule has 0 aliphatic rings. The van der Waals surface area contributed by atoms with Crippen molar-refractivity contribution in [2.45, 2.75) is 6.18 Å². The average molecular weight is 278 g/mol. The van der Waals surface area contributed by atoms with E-state index in [-0.39, 0.29) is 0 Å². The average Bonchev–Trinajstić information content (AvgIpc) is 3.09. The van der Waals surface area contributed by atoms with Crippen LogP contribution < -0.4 is 0 Å². The van der Waals surface area contributed by atoms with Gasteiger partial charge in [-0.2, -0.15) is 18.3 Å². The molecule has 2 aromatic heterocycles. The summed E-state index contributed by atoms with van der Waals surface area (Å²) < 4.78 is 42.6. The summed E-state index contributed by atoms with van der Waals surface area (Å²) in [5.41, 5.74) is 1.16. The first-order chi connectivity index (χ1) is 9.54. The van der Waals surface area contributed by atoms with Crippen LogP contribution in [0.1, 0.15) is 5.56 Å². The lowest BCUT2D eigenvalue weighted by Crippen LogP contribution is -2.03. The van der Waals surface area contributed by atoms with Crippen molar-refractivity contribution in [2.75, 3.05) is 0 Å². The highest BCUT2D eigenvalue weighted by Gasteiger charge is 2.30. The highest BCUT2D eigenvalue weighted by atomic mass is 19.4. The number of halogens is 3. The van der Waals surface area contributed by atoms with E-state index in [0.29, 0.717) is 22.7 Å². The van der Waals surface area contributed by atoms with Gasteiger partial charge in [0.25, 0.3) is 0 Å². The summed E-state index contributed by atoms with van der Waals surface area (Å²) in [4.78, 5) is 0. The van der Waals surface area contributed by atoms with Crippen molar-refractivity contribution < 1.29 is 17.6 Å². The summed E-state index contributed by atoms with van der Waals surface area (Å²) in [5.74, 6) is 0.621. The predicted octanol–water partition coefficient (Wildman–Crippen LogP) is 4.36. The van der Waals surface area contributed by atoms with Crippen LogP contribution in [0.25, 0.3) is 22.7 Å². The third-order valence-electron chi connectivity index (χ3n) is 2.87. The van der Waals surface area contributed by atoms with E-state index >= 15 is 0 Å². The maximum atomic E-state index is 12.5. The predicted molar refractivity (Wildman–Crippen MR) is 66.7 cm³/mol. The number of H-pyrrole nitrogens is 1. The van der Waals surface area contributed by atoms with Crippen molar-refractivity contribution in [1.82, 2.24) is 10.2 Å². The van der Waals surface area contributed by atoms with Crippen LogP contribution in [0.4, 0.5) is 13.2 Å². The zero-order valence-corrected chi connectivity index (χ0v) is 10.1. The Hall–Kier alpha value is -2.50. The maximum Gasteiger partial charge on any atom is 0.416 e. The molecule has 2 heterocycles. The molecule has 0 saturated heterocycles. The van der Waals surface area contributed by atoms with Gasteiger partial charge in [0.2, 0.25) is 0 Å². The molecule has 0 bridgehead atoms. The number of aromatic nitrogens is 2. The molecule has 0 aliphatic carbocycles. The lowest BCUT2D eigenvalue weighted by Gasteiger charge is -2.06. The molecule has 3 aromatic rings. The van der Waals surface area contributed by atoms with Crippen LogP contribution in [-0.4, -0.2) is 10.2 Å². The van der Waals surface area contributed by atoms with Gasteiger partial charge in [0.15, 0.2) is 5.76 Å². The molecule has 1 aromatic carbocycles. The summed E-state index contributed by atoms with van der Waals surface area (Å²) in [5, 5.41) is 6.85. The molecule has 0 fully saturated rings. The Bertz CT molecular complexity index is 697. The Morgan fingerprint density at radius 1 is 1.05 bits per heavy atom. The van der Waals surface area contributed by atoms with Gasteiger partial charge in [-0.15, -0.1) is 0 Å². The Kier molecular flexibility index (Phi) is 2.85. The first kappa shape index (κ1) is 12.5. The summed E-state index contributed by atoms with van der Waals surface area (Å²) >= 11 is 0. The van der Waals surface area contributed by atoms with Crippen LogP contribution in [0.15, 0.2) is 53.1 Å². The number of rotatable bonds is 2. The van der Waals surface area contributed by atoms with Crippen molar-refractivity contribution in [3.63, 3.8) is 0 Å². The van der Waals surface area contributed by atoms with Crippen LogP contribution in [0.3, 0.4) is 0 Å². The van der Waals surface area contributed by atoms with Gasteiger partial charge in [-0.25, -0.2) is 0 Å². The minimum atomic E-state index is -4.33. The molecule has 0 atom stereocenters. The minimum Gasteiger partial charge on any atom is -0.463 e. The zero-order valence-electron chi connectivity index (χ0n) is 10.1. The molecule has 1 N–H and O–H groups in total. The summed E-state index contributed by atoms with van der Waals surface area (Å²) in [6, 6.07) is 10.1. The summed E-state index contributed by atoms with van der Waals surface area (Å²) in [7, 11) is 0. The number of hydrogen-bond donors (Lipinski definition) is 1. The fourth-order valence-electron chi connectivity index (χ4n) is 1.86. The number of benzene rings is 1. The molecule has 20 heavy (non-hydrogen) atoms. The van der Waals surface area contributed by atoms with Gasteiger partial charge in [0, 0.05) is 5.56 Å². The maximum absolute atomic E-state index is 12.5. The van der Waals surface area contributed by atoms with Gasteiger partial charge < -0.3 is 4.42 Å². The number of aromatic amines is 1. The summed E-state index contributed by atoms with van der Waals surface area (Å²) in [6.07, 6.45) is -2.79. The summed E-state index contributed by atoms with van der Waals surface area (Å²) in [6.45, 7) is 0. The van der Waals surface area contributed by atoms with E-state index in [1.54, 1.807) is 18.2 Å².